The highest BCUT2D eigenvalue weighted by Crippen LogP contribution is 2.27. The molecule has 0 radical (unpaired) electrons. The van der Waals surface area contributed by atoms with E-state index >= 15 is 0 Å². The summed E-state index contributed by atoms with van der Waals surface area (Å²) in [6.07, 6.45) is -0.179. The molecule has 1 fully saturated rings. The second-order valence-electron chi connectivity index (χ2n) is 14.6. The Morgan fingerprint density at radius 2 is 1.59 bits per heavy atom. The molecule has 3 aromatic carbocycles. The topological polar surface area (TPSA) is 252 Å². The van der Waals surface area contributed by atoms with E-state index in [9.17, 15) is 53.9 Å². The lowest BCUT2D eigenvalue weighted by Gasteiger charge is -2.31. The number of nitro groups is 1. The van der Waals surface area contributed by atoms with E-state index < -0.39 is 101 Å². The zero-order valence-corrected chi connectivity index (χ0v) is 33.3. The highest BCUT2D eigenvalue weighted by Gasteiger charge is 2.40. The molecule has 314 valence electrons. The summed E-state index contributed by atoms with van der Waals surface area (Å²) in [4.78, 5) is 105. The maximum atomic E-state index is 14.4. The Labute approximate surface area is 340 Å². The second-order valence-corrected chi connectivity index (χ2v) is 14.6. The van der Waals surface area contributed by atoms with Crippen LogP contribution in [-0.4, -0.2) is 98.7 Å². The van der Waals surface area contributed by atoms with Crippen molar-refractivity contribution < 1.29 is 53.4 Å². The molecule has 1 saturated heterocycles. The summed E-state index contributed by atoms with van der Waals surface area (Å²) in [5.74, 6) is -6.83. The number of hydrogen-bond acceptors (Lipinski definition) is 11. The van der Waals surface area contributed by atoms with Crippen LogP contribution >= 0.6 is 0 Å². The molecule has 0 spiro atoms. The van der Waals surface area contributed by atoms with Gasteiger partial charge >= 0.3 is 17.6 Å². The molecule has 4 amide bonds. The van der Waals surface area contributed by atoms with Crippen molar-refractivity contribution in [3.05, 3.63) is 105 Å². The van der Waals surface area contributed by atoms with Gasteiger partial charge in [-0.2, -0.15) is 0 Å². The number of nitrogens with zero attached hydrogens (tertiary/aromatic N) is 2. The quantitative estimate of drug-likeness (QED) is 0.0665. The van der Waals surface area contributed by atoms with Crippen molar-refractivity contribution in [2.75, 3.05) is 13.2 Å². The lowest BCUT2D eigenvalue weighted by Crippen LogP contribution is -2.59. The first-order valence-corrected chi connectivity index (χ1v) is 19.2. The van der Waals surface area contributed by atoms with Crippen LogP contribution in [0.3, 0.4) is 0 Å². The fourth-order valence-electron chi connectivity index (χ4n) is 6.89. The average Bonchev–Trinajstić information content (AvgIpc) is 3.69. The van der Waals surface area contributed by atoms with Crippen molar-refractivity contribution in [1.29, 1.82) is 0 Å². The summed E-state index contributed by atoms with van der Waals surface area (Å²) >= 11 is 0. The summed E-state index contributed by atoms with van der Waals surface area (Å²) in [5.41, 5.74) is 1.80. The molecule has 1 heterocycles. The molecule has 17 nitrogen and oxygen atoms in total. The van der Waals surface area contributed by atoms with E-state index in [0.717, 1.165) is 12.1 Å². The van der Waals surface area contributed by atoms with Gasteiger partial charge in [0, 0.05) is 19.0 Å². The van der Waals surface area contributed by atoms with Crippen LogP contribution in [0.4, 0.5) is 5.69 Å². The highest BCUT2D eigenvalue weighted by molar-refractivity contribution is 5.99. The van der Waals surface area contributed by atoms with Crippen molar-refractivity contribution in [1.82, 2.24) is 20.9 Å². The number of carbonyl (C=O) groups is 7. The number of esters is 1. The number of phenolic OH excluding ortho intramolecular Hbond substituents is 1. The number of hydrogen-bond donors (Lipinski definition) is 5. The first-order valence-electron chi connectivity index (χ1n) is 19.2. The van der Waals surface area contributed by atoms with Crippen molar-refractivity contribution in [2.45, 2.75) is 90.4 Å². The number of phenols is 1. The van der Waals surface area contributed by atoms with Crippen molar-refractivity contribution in [3.63, 3.8) is 0 Å². The summed E-state index contributed by atoms with van der Waals surface area (Å²) in [7, 11) is 0. The Morgan fingerprint density at radius 1 is 0.915 bits per heavy atom. The number of ketones is 1. The molecule has 5 atom stereocenters. The van der Waals surface area contributed by atoms with E-state index in [4.69, 9.17) is 4.74 Å². The Kier molecular flexibility index (Phi) is 15.8. The number of aromatic hydroxyl groups is 1. The SMILES string of the molecule is CCC(C)C(NC(=O)Cc1ccc(O)c([N+](=O)[O-])c1)C(=O)NC(Cc1ccccc1)C(=O)N1CCCC1C(=O)N[C@@H](CC(=O)O)C(=O)COC(=O)c1c(C)cccc1C. The number of benzene rings is 3. The Hall–Kier alpha value is -6.65. The fourth-order valence-corrected chi connectivity index (χ4v) is 6.89. The standard InChI is InChI=1S/C42H49N5O12/c1-5-24(2)38(45-35(50)21-28-16-17-33(48)32(20-28)47(57)58)40(54)44-30(19-27-13-7-6-8-14-27)41(55)46-18-10-15-31(46)39(53)43-29(22-36(51)52)34(49)23-59-42(56)37-25(3)11-9-12-26(37)4/h6-9,11-14,16-17,20,24,29-31,38,48H,5,10,15,18-19,21-23H2,1-4H3,(H,43,53)(H,44,54)(H,45,50)(H,51,52)/t24?,29-,30?,31?,38?/m0/s1. The van der Waals surface area contributed by atoms with Gasteiger partial charge in [-0.15, -0.1) is 0 Å². The van der Waals surface area contributed by atoms with E-state index in [1.807, 2.05) is 0 Å². The lowest BCUT2D eigenvalue weighted by molar-refractivity contribution is -0.385. The van der Waals surface area contributed by atoms with Crippen LogP contribution in [0.25, 0.3) is 0 Å². The van der Waals surface area contributed by atoms with Gasteiger partial charge in [0.25, 0.3) is 0 Å². The number of carbonyl (C=O) groups excluding carboxylic acids is 6. The third-order valence-corrected chi connectivity index (χ3v) is 10.3. The smallest absolute Gasteiger partial charge is 0.339 e. The van der Waals surface area contributed by atoms with Gasteiger partial charge in [0.1, 0.15) is 24.2 Å². The van der Waals surface area contributed by atoms with Crippen molar-refractivity contribution in [3.8, 4) is 5.75 Å². The Morgan fingerprint density at radius 3 is 2.22 bits per heavy atom. The number of nitrogens with one attached hydrogen (secondary N) is 3. The van der Waals surface area contributed by atoms with Gasteiger partial charge in [0.15, 0.2) is 18.1 Å². The number of amides is 4. The summed E-state index contributed by atoms with van der Waals surface area (Å²) < 4.78 is 5.22. The number of nitro benzene ring substituents is 1. The summed E-state index contributed by atoms with van der Waals surface area (Å²) in [6, 6.07) is 12.3. The minimum atomic E-state index is -1.59. The van der Waals surface area contributed by atoms with Crippen molar-refractivity contribution in [2.24, 2.45) is 5.92 Å². The van der Waals surface area contributed by atoms with Gasteiger partial charge in [0.2, 0.25) is 23.6 Å². The molecule has 59 heavy (non-hydrogen) atoms. The van der Waals surface area contributed by atoms with Gasteiger partial charge in [-0.05, 0) is 60.9 Å². The van der Waals surface area contributed by atoms with Gasteiger partial charge in [0.05, 0.1) is 23.3 Å². The van der Waals surface area contributed by atoms with Gasteiger partial charge in [-0.25, -0.2) is 4.79 Å². The molecule has 5 N–H and O–H groups in total. The molecular weight excluding hydrogens is 766 g/mol. The van der Waals surface area contributed by atoms with Crippen LogP contribution in [-0.2, 0) is 46.3 Å². The highest BCUT2D eigenvalue weighted by atomic mass is 16.6. The molecule has 0 bridgehead atoms. The summed E-state index contributed by atoms with van der Waals surface area (Å²) in [6.45, 7) is 6.22. The number of aryl methyl sites for hydroxylation is 2. The number of carboxylic acid groups (broad SMARTS) is 1. The number of likely N-dealkylation sites (tertiary alicyclic amines) is 1. The third kappa shape index (κ3) is 12.2. The van der Waals surface area contributed by atoms with E-state index in [1.165, 1.54) is 11.0 Å². The first kappa shape index (κ1) is 45.1. The molecule has 17 heteroatoms. The average molecular weight is 816 g/mol. The zero-order chi connectivity index (χ0) is 43.4. The monoisotopic (exact) mass is 815 g/mol. The van der Waals surface area contributed by atoms with Crippen molar-refractivity contribution >= 4 is 47.0 Å². The number of Topliss-reactive ketones (excluding diaryl/α,β-unsaturated/α-hetero) is 1. The zero-order valence-electron chi connectivity index (χ0n) is 33.3. The van der Waals surface area contributed by atoms with E-state index in [2.05, 4.69) is 16.0 Å². The van der Waals surface area contributed by atoms with Gasteiger partial charge in [-0.3, -0.25) is 38.9 Å². The number of carboxylic acids is 1. The van der Waals surface area contributed by atoms with Crippen LogP contribution in [0.1, 0.15) is 72.1 Å². The number of aliphatic carboxylic acids is 1. The minimum Gasteiger partial charge on any atom is -0.502 e. The molecule has 3 aromatic rings. The molecular formula is C42H49N5O12. The number of rotatable bonds is 19. The van der Waals surface area contributed by atoms with E-state index in [-0.39, 0.29) is 36.9 Å². The summed E-state index contributed by atoms with van der Waals surface area (Å²) in [5, 5.41) is 38.6. The third-order valence-electron chi connectivity index (χ3n) is 10.3. The number of ether oxygens (including phenoxy) is 1. The van der Waals surface area contributed by atoms with Crippen LogP contribution in [0.15, 0.2) is 66.7 Å². The Balaban J connectivity index is 1.51. The van der Waals surface area contributed by atoms with Crippen LogP contribution < -0.4 is 16.0 Å². The second kappa shape index (κ2) is 20.7. The molecule has 0 aliphatic carbocycles. The van der Waals surface area contributed by atoms with Crippen LogP contribution in [0.2, 0.25) is 0 Å². The predicted molar refractivity (Wildman–Crippen MR) is 212 cm³/mol. The van der Waals surface area contributed by atoms with Gasteiger partial charge in [-0.1, -0.05) is 74.9 Å². The van der Waals surface area contributed by atoms with Gasteiger partial charge < -0.3 is 35.8 Å². The molecule has 4 unspecified atom stereocenters. The molecule has 0 saturated carbocycles. The molecule has 4 rings (SSSR count). The normalized spacial score (nSPS) is 15.5. The lowest BCUT2D eigenvalue weighted by atomic mass is 9.96. The van der Waals surface area contributed by atoms with Crippen LogP contribution in [0.5, 0.6) is 5.75 Å². The predicted octanol–water partition coefficient (Wildman–Crippen LogP) is 3.09. The molecule has 1 aliphatic heterocycles. The maximum Gasteiger partial charge on any atom is 0.339 e. The minimum absolute atomic E-state index is 0.000452. The Bertz CT molecular complexity index is 2050. The van der Waals surface area contributed by atoms with E-state index in [0.29, 0.717) is 29.5 Å². The molecule has 0 aromatic heterocycles. The van der Waals surface area contributed by atoms with Crippen LogP contribution in [0, 0.1) is 29.9 Å². The molecule has 1 aliphatic rings. The fraction of sp³-hybridized carbons (Fsp3) is 0.405. The maximum absolute atomic E-state index is 14.4. The largest absolute Gasteiger partial charge is 0.502 e. The van der Waals surface area contributed by atoms with E-state index in [1.54, 1.807) is 76.2 Å². The first-order chi connectivity index (χ1) is 28.0.